The summed E-state index contributed by atoms with van der Waals surface area (Å²) in [5.74, 6) is -2.76. The second kappa shape index (κ2) is 11.0. The lowest BCUT2D eigenvalue weighted by molar-refractivity contribution is 0.00363. The van der Waals surface area contributed by atoms with Gasteiger partial charge in [0.05, 0.1) is 12.2 Å². The first-order chi connectivity index (χ1) is 19.5. The third-order valence-electron chi connectivity index (χ3n) is 6.83. The number of rotatable bonds is 7. The molecule has 3 aromatic heterocycles. The molecule has 13 heteroatoms. The average Bonchev–Trinajstić information content (AvgIpc) is 3.56. The van der Waals surface area contributed by atoms with Crippen molar-refractivity contribution >= 4 is 23.4 Å². The summed E-state index contributed by atoms with van der Waals surface area (Å²) in [5, 5.41) is 5.54. The van der Waals surface area contributed by atoms with Gasteiger partial charge >= 0.3 is 12.0 Å². The number of aromatic nitrogens is 5. The van der Waals surface area contributed by atoms with Gasteiger partial charge < -0.3 is 29.6 Å². The van der Waals surface area contributed by atoms with Crippen LogP contribution in [-0.4, -0.2) is 61.6 Å². The van der Waals surface area contributed by atoms with Crippen molar-refractivity contribution in [1.29, 1.82) is 0 Å². The van der Waals surface area contributed by atoms with Crippen molar-refractivity contribution < 1.29 is 18.4 Å². The van der Waals surface area contributed by atoms with Crippen molar-refractivity contribution in [3.8, 4) is 11.4 Å². The van der Waals surface area contributed by atoms with Crippen LogP contribution in [0.2, 0.25) is 0 Å². The zero-order valence-electron chi connectivity index (χ0n) is 23.2. The predicted octanol–water partition coefficient (Wildman–Crippen LogP) is 3.83. The van der Waals surface area contributed by atoms with Gasteiger partial charge in [0.1, 0.15) is 11.6 Å². The number of hydrogen-bond acceptors (Lipinski definition) is 6. The van der Waals surface area contributed by atoms with Gasteiger partial charge in [0.25, 0.3) is 5.91 Å². The summed E-state index contributed by atoms with van der Waals surface area (Å²) in [6.07, 6.45) is 5.28. The van der Waals surface area contributed by atoms with Crippen LogP contribution in [0, 0.1) is 0 Å². The van der Waals surface area contributed by atoms with E-state index in [1.165, 1.54) is 9.47 Å². The van der Waals surface area contributed by atoms with Crippen molar-refractivity contribution in [1.82, 2.24) is 34.3 Å². The molecule has 0 spiro atoms. The summed E-state index contributed by atoms with van der Waals surface area (Å²) >= 11 is 0. The lowest BCUT2D eigenvalue weighted by Crippen LogP contribution is -2.36. The molecule has 0 saturated carbocycles. The van der Waals surface area contributed by atoms with Gasteiger partial charge in [-0.05, 0) is 29.8 Å². The Labute approximate surface area is 235 Å². The van der Waals surface area contributed by atoms with Crippen molar-refractivity contribution in [2.45, 2.75) is 32.5 Å². The second-order valence-corrected chi connectivity index (χ2v) is 10.2. The molecule has 1 aliphatic rings. The molecule has 0 fully saturated rings. The third-order valence-corrected chi connectivity index (χ3v) is 6.83. The van der Waals surface area contributed by atoms with Crippen LogP contribution in [0.15, 0.2) is 55.0 Å². The predicted molar refractivity (Wildman–Crippen MR) is 150 cm³/mol. The van der Waals surface area contributed by atoms with Crippen LogP contribution >= 0.6 is 0 Å². The largest absolute Gasteiger partial charge is 0.349 e. The lowest BCUT2D eigenvalue weighted by atomic mass is 10.2. The van der Waals surface area contributed by atoms with Gasteiger partial charge in [-0.3, -0.25) is 4.79 Å². The molecule has 11 nitrogen and oxygen atoms in total. The Morgan fingerprint density at radius 3 is 2.44 bits per heavy atom. The molecule has 0 saturated heterocycles. The zero-order valence-corrected chi connectivity index (χ0v) is 23.2. The summed E-state index contributed by atoms with van der Waals surface area (Å²) in [6, 6.07) is 10.5. The number of benzene rings is 1. The van der Waals surface area contributed by atoms with Crippen LogP contribution in [-0.2, 0) is 32.6 Å². The van der Waals surface area contributed by atoms with Gasteiger partial charge in [-0.1, -0.05) is 12.1 Å². The Kier molecular flexibility index (Phi) is 7.43. The standard InChI is InChI=1S/C28H31F2N9O2/c1-28(29,30)26-35-23(25(40)33-15-18-5-8-20(9-6-18)34-27(41)36(2)3)21-17-38(13-14-39(21)26)22-10-7-19(16-32-22)24-31-11-12-37(24)4/h5-12,16H,13-15,17H2,1-4H3,(H,33,40)(H,34,41). The molecule has 41 heavy (non-hydrogen) atoms. The highest BCUT2D eigenvalue weighted by molar-refractivity contribution is 5.94. The van der Waals surface area contributed by atoms with Gasteiger partial charge in [-0.25, -0.2) is 19.7 Å². The molecule has 5 rings (SSSR count). The molecule has 3 amide bonds. The molecule has 0 radical (unpaired) electrons. The van der Waals surface area contributed by atoms with Crippen LogP contribution in [0.1, 0.15) is 34.5 Å². The molecule has 4 aromatic rings. The lowest BCUT2D eigenvalue weighted by Gasteiger charge is -2.30. The number of carbonyl (C=O) groups is 2. The van der Waals surface area contributed by atoms with Crippen LogP contribution in [0.25, 0.3) is 11.4 Å². The molecule has 0 aliphatic carbocycles. The number of nitrogens with zero attached hydrogens (tertiary/aromatic N) is 7. The van der Waals surface area contributed by atoms with E-state index in [0.29, 0.717) is 23.7 Å². The highest BCUT2D eigenvalue weighted by atomic mass is 19.3. The molecule has 0 bridgehead atoms. The number of pyridine rings is 1. The zero-order chi connectivity index (χ0) is 29.3. The number of nitrogens with one attached hydrogen (secondary N) is 2. The fraction of sp³-hybridized carbons (Fsp3) is 0.321. The smallest absolute Gasteiger partial charge is 0.321 e. The number of amides is 3. The van der Waals surface area contributed by atoms with Crippen LogP contribution in [0.5, 0.6) is 0 Å². The van der Waals surface area contributed by atoms with E-state index in [0.717, 1.165) is 23.9 Å². The normalized spacial score (nSPS) is 13.1. The summed E-state index contributed by atoms with van der Waals surface area (Å²) in [4.78, 5) is 41.5. The highest BCUT2D eigenvalue weighted by Crippen LogP contribution is 2.32. The fourth-order valence-electron chi connectivity index (χ4n) is 4.64. The molecule has 1 aliphatic heterocycles. The van der Waals surface area contributed by atoms with E-state index in [-0.39, 0.29) is 31.4 Å². The van der Waals surface area contributed by atoms with Gasteiger partial charge in [0.2, 0.25) is 0 Å². The van der Waals surface area contributed by atoms with E-state index >= 15 is 0 Å². The topological polar surface area (TPSA) is 113 Å². The van der Waals surface area contributed by atoms with Crippen molar-refractivity contribution in [2.75, 3.05) is 30.9 Å². The minimum Gasteiger partial charge on any atom is -0.349 e. The van der Waals surface area contributed by atoms with Crippen molar-refractivity contribution in [3.63, 3.8) is 0 Å². The van der Waals surface area contributed by atoms with Gasteiger partial charge in [-0.2, -0.15) is 8.78 Å². The second-order valence-electron chi connectivity index (χ2n) is 10.2. The van der Waals surface area contributed by atoms with Gasteiger partial charge in [-0.15, -0.1) is 0 Å². The minimum atomic E-state index is -3.22. The Balaban J connectivity index is 1.32. The van der Waals surface area contributed by atoms with E-state index in [9.17, 15) is 18.4 Å². The number of alkyl halides is 2. The fourth-order valence-corrected chi connectivity index (χ4v) is 4.64. The van der Waals surface area contributed by atoms with Crippen LogP contribution in [0.3, 0.4) is 0 Å². The Bertz CT molecular complexity index is 1550. The SMILES string of the molecule is CN(C)C(=O)Nc1ccc(CNC(=O)c2nc(C(C)(F)F)n3c2CN(c2ccc(-c4nccn4C)cn2)CC3)cc1. The molecular weight excluding hydrogens is 532 g/mol. The minimum absolute atomic E-state index is 0.0364. The van der Waals surface area contributed by atoms with E-state index in [4.69, 9.17) is 0 Å². The summed E-state index contributed by atoms with van der Waals surface area (Å²) in [7, 11) is 5.18. The Hall–Kier alpha value is -4.81. The first kappa shape index (κ1) is 27.7. The van der Waals surface area contributed by atoms with E-state index < -0.39 is 17.7 Å². The number of imidazole rings is 2. The van der Waals surface area contributed by atoms with Crippen LogP contribution < -0.4 is 15.5 Å². The number of hydrogen-bond donors (Lipinski definition) is 2. The molecule has 1 aromatic carbocycles. The number of halogens is 2. The Morgan fingerprint density at radius 1 is 1.07 bits per heavy atom. The molecule has 2 N–H and O–H groups in total. The van der Waals surface area contributed by atoms with E-state index in [2.05, 4.69) is 25.6 Å². The molecule has 0 unspecified atom stereocenters. The molecule has 4 heterocycles. The Morgan fingerprint density at radius 2 is 1.83 bits per heavy atom. The van der Waals surface area contributed by atoms with E-state index in [1.54, 1.807) is 50.8 Å². The quantitative estimate of drug-likeness (QED) is 0.353. The molecule has 0 atom stereocenters. The molecule has 214 valence electrons. The highest BCUT2D eigenvalue weighted by Gasteiger charge is 2.37. The van der Waals surface area contributed by atoms with Gasteiger partial charge in [0.15, 0.2) is 11.5 Å². The van der Waals surface area contributed by atoms with E-state index in [1.807, 2.05) is 34.8 Å². The number of carbonyl (C=O) groups excluding carboxylic acids is 2. The number of fused-ring (bicyclic) bond motifs is 1. The number of anilines is 2. The summed E-state index contributed by atoms with van der Waals surface area (Å²) in [5.41, 5.74) is 2.60. The van der Waals surface area contributed by atoms with Gasteiger partial charge in [0, 0.05) is 77.5 Å². The van der Waals surface area contributed by atoms with Crippen molar-refractivity contribution in [2.24, 2.45) is 7.05 Å². The summed E-state index contributed by atoms with van der Waals surface area (Å²) in [6.45, 7) is 1.80. The maximum Gasteiger partial charge on any atom is 0.321 e. The molecular formula is C28H31F2N9O2. The first-order valence-electron chi connectivity index (χ1n) is 13.0. The maximum atomic E-state index is 14.5. The summed E-state index contributed by atoms with van der Waals surface area (Å²) < 4.78 is 32.3. The number of urea groups is 1. The average molecular weight is 564 g/mol. The maximum absolute atomic E-state index is 14.5. The van der Waals surface area contributed by atoms with Crippen LogP contribution in [0.4, 0.5) is 25.1 Å². The number of aryl methyl sites for hydroxylation is 1. The third kappa shape index (κ3) is 5.88. The van der Waals surface area contributed by atoms with Crippen molar-refractivity contribution in [3.05, 3.63) is 77.8 Å². The first-order valence-corrected chi connectivity index (χ1v) is 13.0. The monoisotopic (exact) mass is 563 g/mol.